The van der Waals surface area contributed by atoms with Crippen LogP contribution in [0.4, 0.5) is 5.69 Å². The van der Waals surface area contributed by atoms with Crippen LogP contribution in [-0.4, -0.2) is 29.8 Å². The largest absolute Gasteiger partial charge is 0.366 e. The Bertz CT molecular complexity index is 1090. The zero-order valence-electron chi connectivity index (χ0n) is 20.2. The van der Waals surface area contributed by atoms with E-state index in [-0.39, 0.29) is 17.2 Å². The maximum absolute atomic E-state index is 13.8. The summed E-state index contributed by atoms with van der Waals surface area (Å²) in [6.45, 7) is 14.4. The second-order valence-corrected chi connectivity index (χ2v) is 10.5. The highest BCUT2D eigenvalue weighted by molar-refractivity contribution is 6.45. The van der Waals surface area contributed by atoms with E-state index in [4.69, 9.17) is 0 Å². The van der Waals surface area contributed by atoms with Crippen molar-refractivity contribution in [1.82, 2.24) is 4.90 Å². The molecular weight excluding hydrogens is 396 g/mol. The number of benzene rings is 2. The molecule has 2 aliphatic heterocycles. The van der Waals surface area contributed by atoms with E-state index in [2.05, 4.69) is 38.7 Å². The molecule has 1 unspecified atom stereocenters. The molecule has 1 saturated heterocycles. The molecule has 2 aliphatic rings. The van der Waals surface area contributed by atoms with Gasteiger partial charge < -0.3 is 4.90 Å². The van der Waals surface area contributed by atoms with Crippen LogP contribution >= 0.6 is 0 Å². The number of imide groups is 1. The molecule has 0 aromatic heterocycles. The Labute approximate surface area is 191 Å². The average molecular weight is 431 g/mol. The Balaban J connectivity index is 1.81. The molecule has 0 bridgehead atoms. The van der Waals surface area contributed by atoms with Crippen molar-refractivity contribution in [1.29, 1.82) is 0 Å². The Morgan fingerprint density at radius 1 is 0.938 bits per heavy atom. The SMILES string of the molecule is Cc1ccc(C2=C(N3CCCC(C)C3)C(=O)N(c3ccc(C(C)(C)C)cc3)C2=O)c(C)c1. The molecule has 4 heteroatoms. The first kappa shape index (κ1) is 22.3. The summed E-state index contributed by atoms with van der Waals surface area (Å²) in [6.07, 6.45) is 2.19. The lowest BCUT2D eigenvalue weighted by atomic mass is 9.87. The van der Waals surface area contributed by atoms with Crippen molar-refractivity contribution >= 4 is 23.1 Å². The Hall–Kier alpha value is -2.88. The molecule has 2 aromatic carbocycles. The number of hydrogen-bond acceptors (Lipinski definition) is 3. The number of likely N-dealkylation sites (tertiary alicyclic amines) is 1. The molecule has 2 amide bonds. The van der Waals surface area contributed by atoms with Crippen molar-refractivity contribution in [3.63, 3.8) is 0 Å². The molecule has 0 spiro atoms. The summed E-state index contributed by atoms with van der Waals surface area (Å²) in [7, 11) is 0. The van der Waals surface area contributed by atoms with E-state index in [0.717, 1.165) is 42.6 Å². The second kappa shape index (κ2) is 8.23. The van der Waals surface area contributed by atoms with E-state index in [1.165, 1.54) is 10.5 Å². The highest BCUT2D eigenvalue weighted by Gasteiger charge is 2.43. The summed E-state index contributed by atoms with van der Waals surface area (Å²) >= 11 is 0. The van der Waals surface area contributed by atoms with E-state index in [1.54, 1.807) is 0 Å². The molecule has 1 fully saturated rings. The fourth-order valence-electron chi connectivity index (χ4n) is 4.89. The van der Waals surface area contributed by atoms with E-state index in [9.17, 15) is 9.59 Å². The number of nitrogens with zero attached hydrogens (tertiary/aromatic N) is 2. The number of aryl methyl sites for hydroxylation is 2. The van der Waals surface area contributed by atoms with Gasteiger partial charge >= 0.3 is 0 Å². The lowest BCUT2D eigenvalue weighted by molar-refractivity contribution is -0.120. The van der Waals surface area contributed by atoms with Gasteiger partial charge in [0.1, 0.15) is 5.70 Å². The molecular formula is C28H34N2O2. The number of hydrogen-bond donors (Lipinski definition) is 0. The summed E-state index contributed by atoms with van der Waals surface area (Å²) in [6, 6.07) is 13.9. The standard InChI is InChI=1S/C28H34N2O2/c1-18-9-14-23(20(3)16-18)24-25(29-15-7-8-19(2)17-29)27(32)30(26(24)31)22-12-10-21(11-13-22)28(4,5)6/h9-14,16,19H,7-8,15,17H2,1-6H3. The molecule has 0 saturated carbocycles. The molecule has 0 radical (unpaired) electrons. The minimum absolute atomic E-state index is 0.00901. The van der Waals surface area contributed by atoms with Gasteiger partial charge in [0.25, 0.3) is 11.8 Å². The summed E-state index contributed by atoms with van der Waals surface area (Å²) in [5.74, 6) is 0.0703. The van der Waals surface area contributed by atoms with Gasteiger partial charge in [-0.3, -0.25) is 9.59 Å². The van der Waals surface area contributed by atoms with Crippen LogP contribution in [0.25, 0.3) is 5.57 Å². The lowest BCUT2D eigenvalue weighted by Gasteiger charge is -2.33. The van der Waals surface area contributed by atoms with Gasteiger partial charge in [0.15, 0.2) is 0 Å². The first-order valence-electron chi connectivity index (χ1n) is 11.6. The second-order valence-electron chi connectivity index (χ2n) is 10.5. The molecule has 0 aliphatic carbocycles. The van der Waals surface area contributed by atoms with Crippen LogP contribution in [0.15, 0.2) is 48.2 Å². The van der Waals surface area contributed by atoms with Gasteiger partial charge in [-0.2, -0.15) is 0 Å². The van der Waals surface area contributed by atoms with Gasteiger partial charge in [-0.1, -0.05) is 63.6 Å². The van der Waals surface area contributed by atoms with E-state index < -0.39 is 0 Å². The van der Waals surface area contributed by atoms with Gasteiger partial charge in [-0.15, -0.1) is 0 Å². The third-order valence-corrected chi connectivity index (χ3v) is 6.68. The minimum atomic E-state index is -0.223. The van der Waals surface area contributed by atoms with Crippen molar-refractivity contribution in [3.8, 4) is 0 Å². The molecule has 2 aromatic rings. The van der Waals surface area contributed by atoms with Crippen LogP contribution < -0.4 is 4.90 Å². The van der Waals surface area contributed by atoms with Crippen LogP contribution in [0.2, 0.25) is 0 Å². The molecule has 1 atom stereocenters. The summed E-state index contributed by atoms with van der Waals surface area (Å²) in [5, 5.41) is 0. The molecule has 168 valence electrons. The van der Waals surface area contributed by atoms with Gasteiger partial charge in [-0.25, -0.2) is 4.90 Å². The molecule has 4 nitrogen and oxygen atoms in total. The summed E-state index contributed by atoms with van der Waals surface area (Å²) < 4.78 is 0. The molecule has 4 rings (SSSR count). The van der Waals surface area contributed by atoms with Crippen LogP contribution in [0, 0.1) is 19.8 Å². The highest BCUT2D eigenvalue weighted by Crippen LogP contribution is 2.38. The minimum Gasteiger partial charge on any atom is -0.366 e. The smallest absolute Gasteiger partial charge is 0.282 e. The number of carbonyl (C=O) groups is 2. The topological polar surface area (TPSA) is 40.6 Å². The van der Waals surface area contributed by atoms with Crippen LogP contribution in [0.5, 0.6) is 0 Å². The zero-order valence-corrected chi connectivity index (χ0v) is 20.2. The van der Waals surface area contributed by atoms with E-state index in [0.29, 0.717) is 22.9 Å². The third kappa shape index (κ3) is 3.99. The predicted octanol–water partition coefficient (Wildman–Crippen LogP) is 5.62. The highest BCUT2D eigenvalue weighted by atomic mass is 16.2. The van der Waals surface area contributed by atoms with Gasteiger partial charge in [0, 0.05) is 13.1 Å². The van der Waals surface area contributed by atoms with Crippen molar-refractivity contribution < 1.29 is 9.59 Å². The van der Waals surface area contributed by atoms with Crippen molar-refractivity contribution in [2.45, 2.75) is 59.8 Å². The first-order valence-corrected chi connectivity index (χ1v) is 11.6. The molecule has 32 heavy (non-hydrogen) atoms. The van der Waals surface area contributed by atoms with Gasteiger partial charge in [0.05, 0.1) is 11.3 Å². The summed E-state index contributed by atoms with van der Waals surface area (Å²) in [5.41, 5.74) is 5.95. The Kier molecular flexibility index (Phi) is 5.74. The van der Waals surface area contributed by atoms with Crippen molar-refractivity contribution in [3.05, 3.63) is 70.4 Å². The lowest BCUT2D eigenvalue weighted by Crippen LogP contribution is -2.39. The van der Waals surface area contributed by atoms with E-state index in [1.807, 2.05) is 50.2 Å². The molecule has 2 heterocycles. The average Bonchev–Trinajstić information content (AvgIpc) is 2.97. The van der Waals surface area contributed by atoms with Crippen molar-refractivity contribution in [2.75, 3.05) is 18.0 Å². The monoisotopic (exact) mass is 430 g/mol. The Morgan fingerprint density at radius 2 is 1.62 bits per heavy atom. The van der Waals surface area contributed by atoms with E-state index >= 15 is 0 Å². The normalized spacial score (nSPS) is 19.9. The first-order chi connectivity index (χ1) is 15.1. The summed E-state index contributed by atoms with van der Waals surface area (Å²) in [4.78, 5) is 31.1. The van der Waals surface area contributed by atoms with Gasteiger partial charge in [0.2, 0.25) is 0 Å². The number of anilines is 1. The van der Waals surface area contributed by atoms with Gasteiger partial charge in [-0.05, 0) is 66.8 Å². The quantitative estimate of drug-likeness (QED) is 0.594. The molecule has 0 N–H and O–H groups in total. The fraction of sp³-hybridized carbons (Fsp3) is 0.429. The Morgan fingerprint density at radius 3 is 2.22 bits per heavy atom. The number of rotatable bonds is 3. The van der Waals surface area contributed by atoms with Crippen molar-refractivity contribution in [2.24, 2.45) is 5.92 Å². The maximum atomic E-state index is 13.8. The van der Waals surface area contributed by atoms with Crippen LogP contribution in [0.3, 0.4) is 0 Å². The zero-order chi connectivity index (χ0) is 23.2. The third-order valence-electron chi connectivity index (χ3n) is 6.68. The van der Waals surface area contributed by atoms with Crippen LogP contribution in [0.1, 0.15) is 62.8 Å². The maximum Gasteiger partial charge on any atom is 0.282 e. The number of carbonyl (C=O) groups excluding carboxylic acids is 2. The fourth-order valence-corrected chi connectivity index (χ4v) is 4.89. The van der Waals surface area contributed by atoms with Crippen LogP contribution in [-0.2, 0) is 15.0 Å². The predicted molar refractivity (Wildman–Crippen MR) is 130 cm³/mol. The number of amides is 2. The number of piperidine rings is 1.